The highest BCUT2D eigenvalue weighted by atomic mass is 32.2. The monoisotopic (exact) mass is 462 g/mol. The Morgan fingerprint density at radius 1 is 1.00 bits per heavy atom. The van der Waals surface area contributed by atoms with Crippen LogP contribution in [-0.4, -0.2) is 86.7 Å². The molecule has 0 N–H and O–H groups in total. The Labute approximate surface area is 191 Å². The molecule has 32 heavy (non-hydrogen) atoms. The molecule has 8 nitrogen and oxygen atoms in total. The molecule has 3 heterocycles. The zero-order valence-electron chi connectivity index (χ0n) is 19.1. The molecule has 0 radical (unpaired) electrons. The van der Waals surface area contributed by atoms with Crippen LogP contribution in [0, 0.1) is 11.8 Å². The molecule has 0 aliphatic carbocycles. The summed E-state index contributed by atoms with van der Waals surface area (Å²) in [5.74, 6) is 0.178. The van der Waals surface area contributed by atoms with Crippen LogP contribution in [0.25, 0.3) is 0 Å². The van der Waals surface area contributed by atoms with Crippen molar-refractivity contribution in [2.45, 2.75) is 38.0 Å². The van der Waals surface area contributed by atoms with Crippen LogP contribution in [0.4, 0.5) is 5.69 Å². The van der Waals surface area contributed by atoms with E-state index in [4.69, 9.17) is 0 Å². The third-order valence-electron chi connectivity index (χ3n) is 7.13. The average Bonchev–Trinajstić information content (AvgIpc) is 3.20. The number of anilines is 1. The molecule has 0 saturated carbocycles. The molecular weight excluding hydrogens is 428 g/mol. The number of rotatable bonds is 5. The second-order valence-corrected chi connectivity index (χ2v) is 11.2. The number of carbonyl (C=O) groups excluding carboxylic acids is 2. The van der Waals surface area contributed by atoms with Crippen molar-refractivity contribution in [3.8, 4) is 0 Å². The fourth-order valence-electron chi connectivity index (χ4n) is 4.84. The highest BCUT2D eigenvalue weighted by Crippen LogP contribution is 2.29. The van der Waals surface area contributed by atoms with Gasteiger partial charge in [0, 0.05) is 57.9 Å². The molecule has 1 aromatic rings. The predicted octanol–water partition coefficient (Wildman–Crippen LogP) is 1.62. The summed E-state index contributed by atoms with van der Waals surface area (Å²) in [5.41, 5.74) is 0.646. The Kier molecular flexibility index (Phi) is 6.88. The maximum Gasteiger partial charge on any atom is 0.243 e. The molecule has 0 spiro atoms. The molecule has 1 aromatic carbocycles. The van der Waals surface area contributed by atoms with E-state index in [-0.39, 0.29) is 29.0 Å². The summed E-state index contributed by atoms with van der Waals surface area (Å²) in [6.07, 6.45) is 1.96. The summed E-state index contributed by atoms with van der Waals surface area (Å²) in [7, 11) is -3.52. The second kappa shape index (κ2) is 9.49. The van der Waals surface area contributed by atoms with Crippen LogP contribution in [0.5, 0.6) is 0 Å². The van der Waals surface area contributed by atoms with Crippen LogP contribution in [-0.2, 0) is 19.6 Å². The van der Waals surface area contributed by atoms with E-state index in [1.807, 2.05) is 4.90 Å². The minimum Gasteiger partial charge on any atom is -0.340 e. The van der Waals surface area contributed by atoms with Gasteiger partial charge in [0.2, 0.25) is 21.8 Å². The summed E-state index contributed by atoms with van der Waals surface area (Å²) in [5, 5.41) is 0. The smallest absolute Gasteiger partial charge is 0.243 e. The Balaban J connectivity index is 1.40. The van der Waals surface area contributed by atoms with Gasteiger partial charge in [0.05, 0.1) is 10.8 Å². The minimum absolute atomic E-state index is 0.0510. The van der Waals surface area contributed by atoms with E-state index < -0.39 is 10.0 Å². The van der Waals surface area contributed by atoms with Crippen molar-refractivity contribution in [3.63, 3.8) is 0 Å². The first-order chi connectivity index (χ1) is 15.3. The molecule has 4 rings (SSSR count). The third-order valence-corrected chi connectivity index (χ3v) is 9.05. The summed E-state index contributed by atoms with van der Waals surface area (Å²) in [6.45, 7) is 9.86. The standard InChI is InChI=1S/C23H34N4O4S/c1-3-24-12-14-25(15-13-24)23(29)19-16-22(28)27(17-19)20-4-6-21(7-5-20)32(30,31)26-10-8-18(2)9-11-26/h4-7,18-19H,3,8-17H2,1-2H3/t19-/m1/s1. The van der Waals surface area contributed by atoms with Gasteiger partial charge in [0.1, 0.15) is 0 Å². The number of carbonyl (C=O) groups is 2. The number of sulfonamides is 1. The molecule has 0 unspecified atom stereocenters. The molecule has 3 aliphatic rings. The normalized spacial score (nSPS) is 24.3. The SMILES string of the molecule is CCN1CCN(C(=O)[C@@H]2CC(=O)N(c3ccc(S(=O)(=O)N4CCC(C)CC4)cc3)C2)CC1. The Morgan fingerprint density at radius 3 is 2.22 bits per heavy atom. The van der Waals surface area contributed by atoms with E-state index >= 15 is 0 Å². The molecule has 9 heteroatoms. The minimum atomic E-state index is -3.52. The van der Waals surface area contributed by atoms with Crippen molar-refractivity contribution in [3.05, 3.63) is 24.3 Å². The first kappa shape index (κ1) is 23.2. The molecule has 1 atom stereocenters. The lowest BCUT2D eigenvalue weighted by atomic mass is 10.0. The molecular formula is C23H34N4O4S. The molecule has 3 saturated heterocycles. The quantitative estimate of drug-likeness (QED) is 0.664. The van der Waals surface area contributed by atoms with Gasteiger partial charge >= 0.3 is 0 Å². The van der Waals surface area contributed by atoms with E-state index in [1.165, 1.54) is 0 Å². The van der Waals surface area contributed by atoms with Crippen LogP contribution in [0.2, 0.25) is 0 Å². The summed E-state index contributed by atoms with van der Waals surface area (Å²) in [6, 6.07) is 6.53. The van der Waals surface area contributed by atoms with Crippen LogP contribution < -0.4 is 4.90 Å². The lowest BCUT2D eigenvalue weighted by Crippen LogP contribution is -2.50. The number of hydrogen-bond acceptors (Lipinski definition) is 5. The zero-order valence-corrected chi connectivity index (χ0v) is 19.9. The Hall–Kier alpha value is -1.97. The summed E-state index contributed by atoms with van der Waals surface area (Å²) < 4.78 is 27.4. The zero-order chi connectivity index (χ0) is 22.9. The van der Waals surface area contributed by atoms with Crippen LogP contribution in [0.15, 0.2) is 29.2 Å². The summed E-state index contributed by atoms with van der Waals surface area (Å²) in [4.78, 5) is 31.7. The van der Waals surface area contributed by atoms with Crippen LogP contribution in [0.3, 0.4) is 0 Å². The Bertz CT molecular complexity index is 933. The number of piperidine rings is 1. The van der Waals surface area contributed by atoms with Gasteiger partial charge in [-0.1, -0.05) is 13.8 Å². The maximum atomic E-state index is 12.9. The average molecular weight is 463 g/mol. The number of piperazine rings is 1. The van der Waals surface area contributed by atoms with E-state index in [1.54, 1.807) is 33.5 Å². The van der Waals surface area contributed by atoms with Gasteiger partial charge in [-0.3, -0.25) is 9.59 Å². The molecule has 176 valence electrons. The third kappa shape index (κ3) is 4.70. The number of benzene rings is 1. The molecule has 3 aliphatic heterocycles. The molecule has 3 fully saturated rings. The fourth-order valence-corrected chi connectivity index (χ4v) is 6.31. The molecule has 2 amide bonds. The van der Waals surface area contributed by atoms with Crippen molar-refractivity contribution in [2.75, 3.05) is 57.3 Å². The van der Waals surface area contributed by atoms with E-state index in [9.17, 15) is 18.0 Å². The number of likely N-dealkylation sites (N-methyl/N-ethyl adjacent to an activating group) is 1. The largest absolute Gasteiger partial charge is 0.340 e. The molecule has 0 aromatic heterocycles. The highest BCUT2D eigenvalue weighted by Gasteiger charge is 2.38. The van der Waals surface area contributed by atoms with Gasteiger partial charge in [0.25, 0.3) is 0 Å². The van der Waals surface area contributed by atoms with Crippen LogP contribution >= 0.6 is 0 Å². The van der Waals surface area contributed by atoms with Crippen molar-refractivity contribution < 1.29 is 18.0 Å². The van der Waals surface area contributed by atoms with E-state index in [0.29, 0.717) is 44.3 Å². The lowest BCUT2D eigenvalue weighted by Gasteiger charge is -2.35. The number of nitrogens with zero attached hydrogens (tertiary/aromatic N) is 4. The van der Waals surface area contributed by atoms with Gasteiger partial charge in [-0.25, -0.2) is 8.42 Å². The Morgan fingerprint density at radius 2 is 1.62 bits per heavy atom. The first-order valence-corrected chi connectivity index (χ1v) is 13.2. The van der Waals surface area contributed by atoms with E-state index in [2.05, 4.69) is 18.7 Å². The predicted molar refractivity (Wildman–Crippen MR) is 123 cm³/mol. The number of hydrogen-bond donors (Lipinski definition) is 0. The first-order valence-electron chi connectivity index (χ1n) is 11.7. The van der Waals surface area contributed by atoms with Crippen molar-refractivity contribution in [2.24, 2.45) is 11.8 Å². The fraction of sp³-hybridized carbons (Fsp3) is 0.652. The lowest BCUT2D eigenvalue weighted by molar-refractivity contribution is -0.137. The van der Waals surface area contributed by atoms with Gasteiger partial charge in [-0.15, -0.1) is 0 Å². The topological polar surface area (TPSA) is 81.2 Å². The van der Waals surface area contributed by atoms with Gasteiger partial charge in [-0.2, -0.15) is 4.31 Å². The van der Waals surface area contributed by atoms with Crippen molar-refractivity contribution in [1.29, 1.82) is 0 Å². The maximum absolute atomic E-state index is 12.9. The van der Waals surface area contributed by atoms with Crippen molar-refractivity contribution in [1.82, 2.24) is 14.1 Å². The van der Waals surface area contributed by atoms with Crippen molar-refractivity contribution >= 4 is 27.5 Å². The second-order valence-electron chi connectivity index (χ2n) is 9.25. The van der Waals surface area contributed by atoms with E-state index in [0.717, 1.165) is 32.5 Å². The van der Waals surface area contributed by atoms with Gasteiger partial charge < -0.3 is 14.7 Å². The molecule has 0 bridgehead atoms. The highest BCUT2D eigenvalue weighted by molar-refractivity contribution is 7.89. The van der Waals surface area contributed by atoms with Gasteiger partial charge in [0.15, 0.2) is 0 Å². The summed E-state index contributed by atoms with van der Waals surface area (Å²) >= 11 is 0. The number of amides is 2. The van der Waals surface area contributed by atoms with Gasteiger partial charge in [-0.05, 0) is 49.6 Å². The van der Waals surface area contributed by atoms with Crippen LogP contribution in [0.1, 0.15) is 33.1 Å².